The second-order valence-electron chi connectivity index (χ2n) is 4.19. The Morgan fingerprint density at radius 3 is 2.38 bits per heavy atom. The fourth-order valence-electron chi connectivity index (χ4n) is 2.32. The molecule has 1 fully saturated rings. The normalized spacial score (nSPS) is 26.0. The Bertz CT molecular complexity index is 373. The average molecular weight is 293 g/mol. The highest BCUT2D eigenvalue weighted by molar-refractivity contribution is 9.09. The third kappa shape index (κ3) is 2.42. The highest BCUT2D eigenvalue weighted by Gasteiger charge is 2.36. The molecular weight excluding hydrogens is 281 g/mol. The highest BCUT2D eigenvalue weighted by Crippen LogP contribution is 2.43. The first-order valence-corrected chi connectivity index (χ1v) is 6.20. The van der Waals surface area contributed by atoms with Crippen LogP contribution in [0.5, 0.6) is 0 Å². The molecule has 0 radical (unpaired) electrons. The van der Waals surface area contributed by atoms with Crippen LogP contribution < -0.4 is 0 Å². The zero-order valence-corrected chi connectivity index (χ0v) is 10.2. The summed E-state index contributed by atoms with van der Waals surface area (Å²) in [5.41, 5.74) is -0.0152. The van der Waals surface area contributed by atoms with Crippen LogP contribution in [-0.2, 0) is 6.18 Å². The first-order chi connectivity index (χ1) is 7.48. The Kier molecular flexibility index (Phi) is 3.29. The van der Waals surface area contributed by atoms with E-state index in [1.54, 1.807) is 12.1 Å². The fraction of sp³-hybridized carbons (Fsp3) is 0.500. The van der Waals surface area contributed by atoms with E-state index in [1.165, 1.54) is 12.1 Å². The number of rotatable bonds is 1. The Morgan fingerprint density at radius 1 is 1.12 bits per heavy atom. The van der Waals surface area contributed by atoms with E-state index in [4.69, 9.17) is 0 Å². The molecule has 0 N–H and O–H groups in total. The maximum atomic E-state index is 12.8. The van der Waals surface area contributed by atoms with Crippen LogP contribution in [0, 0.1) is 0 Å². The highest BCUT2D eigenvalue weighted by atomic mass is 79.9. The maximum Gasteiger partial charge on any atom is 0.416 e. The number of hydrogen-bond donors (Lipinski definition) is 0. The molecule has 0 saturated heterocycles. The average Bonchev–Trinajstić information content (AvgIpc) is 2.64. The smallest absolute Gasteiger partial charge is 0.166 e. The first kappa shape index (κ1) is 12.0. The Labute approximate surface area is 101 Å². The summed E-state index contributed by atoms with van der Waals surface area (Å²) in [6.45, 7) is 0. The SMILES string of the molecule is FC(F)(F)c1ccccc1C1CCC(Br)C1. The molecule has 2 rings (SSSR count). The molecule has 1 saturated carbocycles. The van der Waals surface area contributed by atoms with E-state index < -0.39 is 11.7 Å². The van der Waals surface area contributed by atoms with Gasteiger partial charge in [0.2, 0.25) is 0 Å². The van der Waals surface area contributed by atoms with Crippen LogP contribution >= 0.6 is 15.9 Å². The molecule has 0 spiro atoms. The number of halogens is 4. The van der Waals surface area contributed by atoms with E-state index in [0.29, 0.717) is 10.4 Å². The van der Waals surface area contributed by atoms with Crippen molar-refractivity contribution < 1.29 is 13.2 Å². The first-order valence-electron chi connectivity index (χ1n) is 5.28. The van der Waals surface area contributed by atoms with Crippen molar-refractivity contribution in [3.8, 4) is 0 Å². The third-order valence-electron chi connectivity index (χ3n) is 3.07. The van der Waals surface area contributed by atoms with Gasteiger partial charge in [0.25, 0.3) is 0 Å². The Balaban J connectivity index is 2.34. The van der Waals surface area contributed by atoms with Gasteiger partial charge in [0.15, 0.2) is 0 Å². The van der Waals surface area contributed by atoms with Crippen LogP contribution in [0.4, 0.5) is 13.2 Å². The van der Waals surface area contributed by atoms with Crippen LogP contribution in [-0.4, -0.2) is 4.83 Å². The van der Waals surface area contributed by atoms with Gasteiger partial charge in [0.1, 0.15) is 0 Å². The van der Waals surface area contributed by atoms with E-state index in [9.17, 15) is 13.2 Å². The lowest BCUT2D eigenvalue weighted by Crippen LogP contribution is -2.11. The minimum atomic E-state index is -4.24. The quantitative estimate of drug-likeness (QED) is 0.656. The molecule has 0 amide bonds. The van der Waals surface area contributed by atoms with E-state index in [-0.39, 0.29) is 5.92 Å². The molecule has 1 aromatic carbocycles. The molecule has 1 aliphatic rings. The van der Waals surface area contributed by atoms with Gasteiger partial charge in [-0.1, -0.05) is 34.1 Å². The van der Waals surface area contributed by atoms with Crippen molar-refractivity contribution in [2.24, 2.45) is 0 Å². The van der Waals surface area contributed by atoms with Crippen LogP contribution in [0.15, 0.2) is 24.3 Å². The Hall–Kier alpha value is -0.510. The van der Waals surface area contributed by atoms with Gasteiger partial charge in [0, 0.05) is 4.83 Å². The monoisotopic (exact) mass is 292 g/mol. The molecule has 0 aromatic heterocycles. The third-order valence-corrected chi connectivity index (χ3v) is 3.91. The molecule has 16 heavy (non-hydrogen) atoms. The second-order valence-corrected chi connectivity index (χ2v) is 5.49. The molecule has 0 nitrogen and oxygen atoms in total. The molecule has 0 bridgehead atoms. The zero-order chi connectivity index (χ0) is 11.8. The predicted molar refractivity (Wildman–Crippen MR) is 60.8 cm³/mol. The zero-order valence-electron chi connectivity index (χ0n) is 8.60. The summed E-state index contributed by atoms with van der Waals surface area (Å²) in [5.74, 6) is 0.0437. The molecule has 4 heteroatoms. The van der Waals surface area contributed by atoms with Crippen molar-refractivity contribution in [3.63, 3.8) is 0 Å². The molecule has 2 atom stereocenters. The predicted octanol–water partition coefficient (Wildman–Crippen LogP) is 4.74. The van der Waals surface area contributed by atoms with Crippen LogP contribution in [0.25, 0.3) is 0 Å². The van der Waals surface area contributed by atoms with E-state index in [2.05, 4.69) is 15.9 Å². The van der Waals surface area contributed by atoms with Gasteiger partial charge in [-0.05, 0) is 36.8 Å². The maximum absolute atomic E-state index is 12.8. The van der Waals surface area contributed by atoms with Gasteiger partial charge in [-0.2, -0.15) is 13.2 Å². The summed E-state index contributed by atoms with van der Waals surface area (Å²) < 4.78 is 38.4. The molecule has 1 aliphatic carbocycles. The van der Waals surface area contributed by atoms with Crippen molar-refractivity contribution in [2.75, 3.05) is 0 Å². The second kappa shape index (κ2) is 4.40. The fourth-order valence-corrected chi connectivity index (χ4v) is 3.04. The number of benzene rings is 1. The van der Waals surface area contributed by atoms with Crippen LogP contribution in [0.1, 0.15) is 36.3 Å². The van der Waals surface area contributed by atoms with E-state index >= 15 is 0 Å². The van der Waals surface area contributed by atoms with Gasteiger partial charge in [0.05, 0.1) is 5.56 Å². The lowest BCUT2D eigenvalue weighted by Gasteiger charge is -2.17. The van der Waals surface area contributed by atoms with Crippen LogP contribution in [0.3, 0.4) is 0 Å². The lowest BCUT2D eigenvalue weighted by molar-refractivity contribution is -0.138. The molecule has 0 heterocycles. The number of hydrogen-bond acceptors (Lipinski definition) is 0. The van der Waals surface area contributed by atoms with E-state index in [1.807, 2.05) is 0 Å². The van der Waals surface area contributed by atoms with Gasteiger partial charge in [-0.15, -0.1) is 0 Å². The Morgan fingerprint density at radius 2 is 1.81 bits per heavy atom. The van der Waals surface area contributed by atoms with E-state index in [0.717, 1.165) is 19.3 Å². The summed E-state index contributed by atoms with van der Waals surface area (Å²) in [7, 11) is 0. The topological polar surface area (TPSA) is 0 Å². The summed E-state index contributed by atoms with van der Waals surface area (Å²) in [6, 6.07) is 5.93. The van der Waals surface area contributed by atoms with Crippen molar-refractivity contribution in [3.05, 3.63) is 35.4 Å². The summed E-state index contributed by atoms with van der Waals surface area (Å²) in [6.07, 6.45) is -1.64. The molecular formula is C12H12BrF3. The molecule has 1 aromatic rings. The minimum Gasteiger partial charge on any atom is -0.166 e. The minimum absolute atomic E-state index is 0.0437. The number of alkyl halides is 4. The lowest BCUT2D eigenvalue weighted by atomic mass is 9.93. The van der Waals surface area contributed by atoms with Gasteiger partial charge in [-0.25, -0.2) is 0 Å². The molecule has 88 valence electrons. The van der Waals surface area contributed by atoms with Crippen molar-refractivity contribution >= 4 is 15.9 Å². The van der Waals surface area contributed by atoms with Crippen molar-refractivity contribution in [1.82, 2.24) is 0 Å². The standard InChI is InChI=1S/C12H12BrF3/c13-9-6-5-8(7-9)10-3-1-2-4-11(10)12(14,15)16/h1-4,8-9H,5-7H2. The van der Waals surface area contributed by atoms with Gasteiger partial charge in [-0.3, -0.25) is 0 Å². The molecule has 0 aliphatic heterocycles. The van der Waals surface area contributed by atoms with Crippen LogP contribution in [0.2, 0.25) is 0 Å². The summed E-state index contributed by atoms with van der Waals surface area (Å²) in [5, 5.41) is 0. The summed E-state index contributed by atoms with van der Waals surface area (Å²) >= 11 is 3.47. The van der Waals surface area contributed by atoms with Crippen molar-refractivity contribution in [1.29, 1.82) is 0 Å². The largest absolute Gasteiger partial charge is 0.416 e. The van der Waals surface area contributed by atoms with Crippen molar-refractivity contribution in [2.45, 2.75) is 36.2 Å². The van der Waals surface area contributed by atoms with Gasteiger partial charge >= 0.3 is 6.18 Å². The molecule has 2 unspecified atom stereocenters. The van der Waals surface area contributed by atoms with Gasteiger partial charge < -0.3 is 0 Å². The summed E-state index contributed by atoms with van der Waals surface area (Å²) in [4.78, 5) is 0.360.